The van der Waals surface area contributed by atoms with Crippen molar-refractivity contribution < 1.29 is 5.11 Å². The van der Waals surface area contributed by atoms with Crippen LogP contribution < -0.4 is 0 Å². The van der Waals surface area contributed by atoms with Gasteiger partial charge in [0.2, 0.25) is 0 Å². The number of thiophene rings is 1. The zero-order valence-corrected chi connectivity index (χ0v) is 14.4. The molecule has 1 atom stereocenters. The molecule has 1 N–H and O–H groups in total. The molecule has 17 heavy (non-hydrogen) atoms. The lowest BCUT2D eigenvalue weighted by molar-refractivity contribution is 0.207. The molecule has 0 spiro atoms. The number of aliphatic hydroxyl groups excluding tert-OH is 1. The number of aromatic nitrogens is 2. The maximum absolute atomic E-state index is 10.4. The molecule has 0 aliphatic heterocycles. The molecule has 0 saturated heterocycles. The Bertz CT molecular complexity index is 538. The van der Waals surface area contributed by atoms with Crippen LogP contribution in [0, 0.1) is 0 Å². The van der Waals surface area contributed by atoms with Crippen molar-refractivity contribution >= 4 is 59.1 Å². The van der Waals surface area contributed by atoms with Crippen LogP contribution in [0.15, 0.2) is 24.3 Å². The highest BCUT2D eigenvalue weighted by Gasteiger charge is 2.22. The van der Waals surface area contributed by atoms with Crippen molar-refractivity contribution in [2.24, 2.45) is 0 Å². The van der Waals surface area contributed by atoms with E-state index in [0.29, 0.717) is 0 Å². The summed E-state index contributed by atoms with van der Waals surface area (Å²) in [6.45, 7) is 2.72. The van der Waals surface area contributed by atoms with Gasteiger partial charge in [0.25, 0.3) is 0 Å². The van der Waals surface area contributed by atoms with Gasteiger partial charge in [0.05, 0.1) is 23.9 Å². The van der Waals surface area contributed by atoms with Gasteiger partial charge in [-0.1, -0.05) is 0 Å². The van der Waals surface area contributed by atoms with Crippen LogP contribution in [0.3, 0.4) is 0 Å². The monoisotopic (exact) mass is 442 g/mol. The second-order valence-corrected chi connectivity index (χ2v) is 7.98. The fraction of sp³-hybridized carbons (Fsp3) is 0.300. The van der Waals surface area contributed by atoms with Crippen molar-refractivity contribution in [3.8, 4) is 0 Å². The van der Waals surface area contributed by atoms with Gasteiger partial charge in [0, 0.05) is 12.1 Å². The molecule has 7 heteroatoms. The van der Waals surface area contributed by atoms with E-state index in [1.54, 1.807) is 22.2 Å². The summed E-state index contributed by atoms with van der Waals surface area (Å²) in [6, 6.07) is 1.92. The predicted octanol–water partition coefficient (Wildman–Crippen LogP) is 4.33. The van der Waals surface area contributed by atoms with E-state index >= 15 is 0 Å². The fourth-order valence-electron chi connectivity index (χ4n) is 1.58. The molecule has 0 bridgehead atoms. The van der Waals surface area contributed by atoms with Crippen molar-refractivity contribution in [2.75, 3.05) is 0 Å². The molecule has 0 aliphatic rings. The van der Waals surface area contributed by atoms with E-state index in [4.69, 9.17) is 0 Å². The molecule has 2 aromatic heterocycles. The highest BCUT2D eigenvalue weighted by Crippen LogP contribution is 2.39. The van der Waals surface area contributed by atoms with Crippen molar-refractivity contribution in [1.29, 1.82) is 0 Å². The molecule has 2 heterocycles. The van der Waals surface area contributed by atoms with Crippen LogP contribution in [0.25, 0.3) is 0 Å². The molecule has 0 aliphatic carbocycles. The van der Waals surface area contributed by atoms with E-state index in [0.717, 1.165) is 29.8 Å². The minimum Gasteiger partial charge on any atom is -0.382 e. The Labute approximate surface area is 128 Å². The normalized spacial score (nSPS) is 13.0. The van der Waals surface area contributed by atoms with E-state index < -0.39 is 6.10 Å². The van der Waals surface area contributed by atoms with Crippen molar-refractivity contribution in [3.05, 3.63) is 35.6 Å². The number of hydrogen-bond acceptors (Lipinski definition) is 3. The third-order valence-electron chi connectivity index (χ3n) is 2.37. The Kier molecular flexibility index (Phi) is 4.46. The summed E-state index contributed by atoms with van der Waals surface area (Å²) in [7, 11) is 0. The Morgan fingerprint density at radius 3 is 2.71 bits per heavy atom. The molecule has 92 valence electrons. The van der Waals surface area contributed by atoms with E-state index in [1.807, 2.05) is 13.0 Å². The Morgan fingerprint density at radius 1 is 1.47 bits per heavy atom. The number of hydrogen-bond donors (Lipinski definition) is 1. The lowest BCUT2D eigenvalue weighted by atomic mass is 10.1. The SMILES string of the molecule is CCn1ncc(Br)c1C(O)c1cc(Br)sc1Br. The molecule has 2 rings (SSSR count). The average molecular weight is 445 g/mol. The standard InChI is InChI=1S/C10H9Br3N2OS/c1-2-15-8(6(11)4-14-15)9(16)5-3-7(12)17-10(5)13/h3-4,9,16H,2H2,1H3. The largest absolute Gasteiger partial charge is 0.382 e. The summed E-state index contributed by atoms with van der Waals surface area (Å²) >= 11 is 11.8. The second kappa shape index (κ2) is 5.52. The number of nitrogens with zero attached hydrogens (tertiary/aromatic N) is 2. The van der Waals surface area contributed by atoms with Gasteiger partial charge in [0.1, 0.15) is 6.10 Å². The predicted molar refractivity (Wildman–Crippen MR) is 79.4 cm³/mol. The van der Waals surface area contributed by atoms with Gasteiger partial charge in [-0.3, -0.25) is 4.68 Å². The van der Waals surface area contributed by atoms with Gasteiger partial charge in [-0.15, -0.1) is 11.3 Å². The first-order valence-electron chi connectivity index (χ1n) is 4.88. The minimum atomic E-state index is -0.691. The average Bonchev–Trinajstić information content (AvgIpc) is 2.80. The quantitative estimate of drug-likeness (QED) is 0.765. The van der Waals surface area contributed by atoms with Crippen LogP contribution >= 0.6 is 59.1 Å². The van der Waals surface area contributed by atoms with Gasteiger partial charge in [-0.05, 0) is 60.8 Å². The van der Waals surface area contributed by atoms with Crippen molar-refractivity contribution in [3.63, 3.8) is 0 Å². The summed E-state index contributed by atoms with van der Waals surface area (Å²) < 4.78 is 4.51. The maximum Gasteiger partial charge on any atom is 0.124 e. The first kappa shape index (κ1) is 13.7. The molecular formula is C10H9Br3N2OS. The molecule has 0 saturated carbocycles. The Balaban J connectivity index is 2.46. The number of aryl methyl sites for hydroxylation is 1. The lowest BCUT2D eigenvalue weighted by Crippen LogP contribution is -2.09. The van der Waals surface area contributed by atoms with Gasteiger partial charge >= 0.3 is 0 Å². The van der Waals surface area contributed by atoms with Crippen LogP contribution in [-0.2, 0) is 6.54 Å². The highest BCUT2D eigenvalue weighted by molar-refractivity contribution is 9.12. The topological polar surface area (TPSA) is 38.0 Å². The number of halogens is 3. The van der Waals surface area contributed by atoms with Crippen LogP contribution in [0.2, 0.25) is 0 Å². The molecule has 0 radical (unpaired) electrons. The highest BCUT2D eigenvalue weighted by atomic mass is 79.9. The zero-order valence-electron chi connectivity index (χ0n) is 8.82. The van der Waals surface area contributed by atoms with Crippen LogP contribution in [-0.4, -0.2) is 14.9 Å². The lowest BCUT2D eigenvalue weighted by Gasteiger charge is -2.12. The summed E-state index contributed by atoms with van der Waals surface area (Å²) in [5, 5.41) is 14.6. The minimum absolute atomic E-state index is 0.691. The Morgan fingerprint density at radius 2 is 2.18 bits per heavy atom. The van der Waals surface area contributed by atoms with Crippen molar-refractivity contribution in [1.82, 2.24) is 9.78 Å². The van der Waals surface area contributed by atoms with Gasteiger partial charge in [-0.25, -0.2) is 0 Å². The third-order valence-corrected chi connectivity index (χ3v) is 5.37. The number of aliphatic hydroxyl groups is 1. The van der Waals surface area contributed by atoms with Crippen LogP contribution in [0.1, 0.15) is 24.3 Å². The second-order valence-electron chi connectivity index (χ2n) is 3.38. The molecule has 1 unspecified atom stereocenters. The smallest absolute Gasteiger partial charge is 0.124 e. The molecule has 0 fully saturated rings. The van der Waals surface area contributed by atoms with Crippen molar-refractivity contribution in [2.45, 2.75) is 19.6 Å². The fourth-order valence-corrected chi connectivity index (χ4v) is 4.98. The molecule has 2 aromatic rings. The van der Waals surface area contributed by atoms with Gasteiger partial charge in [-0.2, -0.15) is 5.10 Å². The summed E-state index contributed by atoms with van der Waals surface area (Å²) in [5.41, 5.74) is 1.62. The summed E-state index contributed by atoms with van der Waals surface area (Å²) in [4.78, 5) is 0. The first-order valence-corrected chi connectivity index (χ1v) is 8.08. The first-order chi connectivity index (χ1) is 8.04. The van der Waals surface area contributed by atoms with Gasteiger partial charge in [0.15, 0.2) is 0 Å². The van der Waals surface area contributed by atoms with E-state index in [2.05, 4.69) is 52.9 Å². The summed E-state index contributed by atoms with van der Waals surface area (Å²) in [5.74, 6) is 0. The van der Waals surface area contributed by atoms with Crippen LogP contribution in [0.4, 0.5) is 0 Å². The summed E-state index contributed by atoms with van der Waals surface area (Å²) in [6.07, 6.45) is 1.01. The third kappa shape index (κ3) is 2.68. The zero-order chi connectivity index (χ0) is 12.6. The molecular weight excluding hydrogens is 436 g/mol. The van der Waals surface area contributed by atoms with Gasteiger partial charge < -0.3 is 5.11 Å². The number of rotatable bonds is 3. The van der Waals surface area contributed by atoms with E-state index in [-0.39, 0.29) is 0 Å². The van der Waals surface area contributed by atoms with E-state index in [1.165, 1.54) is 0 Å². The van der Waals surface area contributed by atoms with Crippen LogP contribution in [0.5, 0.6) is 0 Å². The molecule has 0 amide bonds. The van der Waals surface area contributed by atoms with E-state index in [9.17, 15) is 5.11 Å². The Hall–Kier alpha value is 0.310. The molecule has 0 aromatic carbocycles. The molecule has 3 nitrogen and oxygen atoms in total. The maximum atomic E-state index is 10.4.